The standard InChI is InChI=1S/C18H18ClN3O/c19-13-3-4-16-14(8-13)15-10-21-7-5-17(15)22(16)18(11-23)12-2-1-6-20-9-12/h1-4,6,8-9,18,21,23H,5,7,10-11H2. The zero-order chi connectivity index (χ0) is 15.8. The Morgan fingerprint density at radius 3 is 3.04 bits per heavy atom. The van der Waals surface area contributed by atoms with E-state index in [0.717, 1.165) is 35.6 Å². The van der Waals surface area contributed by atoms with Crippen molar-refractivity contribution in [2.75, 3.05) is 13.2 Å². The van der Waals surface area contributed by atoms with Gasteiger partial charge in [-0.15, -0.1) is 0 Å². The van der Waals surface area contributed by atoms with Gasteiger partial charge in [0, 0.05) is 53.5 Å². The van der Waals surface area contributed by atoms with Gasteiger partial charge in [-0.25, -0.2) is 0 Å². The van der Waals surface area contributed by atoms with Gasteiger partial charge in [0.1, 0.15) is 0 Å². The second-order valence-corrected chi connectivity index (χ2v) is 6.30. The second kappa shape index (κ2) is 5.96. The molecule has 1 aromatic carbocycles. The average molecular weight is 328 g/mol. The van der Waals surface area contributed by atoms with Crippen LogP contribution >= 0.6 is 11.6 Å². The van der Waals surface area contributed by atoms with Gasteiger partial charge in [0.05, 0.1) is 12.6 Å². The molecule has 2 aromatic heterocycles. The van der Waals surface area contributed by atoms with Crippen LogP contribution in [0.5, 0.6) is 0 Å². The number of aliphatic hydroxyl groups excluding tert-OH is 1. The Morgan fingerprint density at radius 1 is 1.35 bits per heavy atom. The van der Waals surface area contributed by atoms with Crippen LogP contribution in [0.2, 0.25) is 5.02 Å². The molecule has 4 nitrogen and oxygen atoms in total. The summed E-state index contributed by atoms with van der Waals surface area (Å²) in [5, 5.41) is 15.4. The summed E-state index contributed by atoms with van der Waals surface area (Å²) < 4.78 is 2.26. The van der Waals surface area contributed by atoms with E-state index < -0.39 is 0 Å². The molecule has 1 atom stereocenters. The van der Waals surface area contributed by atoms with Gasteiger partial charge in [0.2, 0.25) is 0 Å². The first-order chi connectivity index (χ1) is 11.3. The van der Waals surface area contributed by atoms with Gasteiger partial charge in [-0.05, 0) is 35.4 Å². The Bertz CT molecular complexity index is 844. The van der Waals surface area contributed by atoms with E-state index in [0.29, 0.717) is 0 Å². The SMILES string of the molecule is OCC(c1cccnc1)n1c2c(c3cc(Cl)ccc31)CNCC2. The Morgan fingerprint density at radius 2 is 2.26 bits per heavy atom. The maximum atomic E-state index is 10.1. The predicted octanol–water partition coefficient (Wildman–Crippen LogP) is 2.92. The normalized spacial score (nSPS) is 15.6. The highest BCUT2D eigenvalue weighted by molar-refractivity contribution is 6.31. The number of aromatic nitrogens is 2. The van der Waals surface area contributed by atoms with Crippen LogP contribution in [0.4, 0.5) is 0 Å². The number of fused-ring (bicyclic) bond motifs is 3. The molecule has 0 spiro atoms. The number of pyridine rings is 1. The molecule has 23 heavy (non-hydrogen) atoms. The second-order valence-electron chi connectivity index (χ2n) is 5.87. The summed E-state index contributed by atoms with van der Waals surface area (Å²) in [4.78, 5) is 4.21. The summed E-state index contributed by atoms with van der Waals surface area (Å²) in [7, 11) is 0. The first-order valence-electron chi connectivity index (χ1n) is 7.82. The van der Waals surface area contributed by atoms with E-state index in [1.807, 2.05) is 30.5 Å². The first-order valence-corrected chi connectivity index (χ1v) is 8.20. The summed E-state index contributed by atoms with van der Waals surface area (Å²) in [6, 6.07) is 9.79. The highest BCUT2D eigenvalue weighted by Crippen LogP contribution is 2.35. The van der Waals surface area contributed by atoms with E-state index in [2.05, 4.69) is 20.9 Å². The molecule has 1 aliphatic heterocycles. The van der Waals surface area contributed by atoms with Crippen LogP contribution in [0.3, 0.4) is 0 Å². The largest absolute Gasteiger partial charge is 0.394 e. The maximum Gasteiger partial charge on any atom is 0.0834 e. The zero-order valence-corrected chi connectivity index (χ0v) is 13.4. The van der Waals surface area contributed by atoms with Crippen LogP contribution in [-0.4, -0.2) is 27.8 Å². The fraction of sp³-hybridized carbons (Fsp3) is 0.278. The predicted molar refractivity (Wildman–Crippen MR) is 91.8 cm³/mol. The molecule has 1 aliphatic rings. The molecule has 0 saturated carbocycles. The Labute approximate surface area is 139 Å². The summed E-state index contributed by atoms with van der Waals surface area (Å²) in [5.41, 5.74) is 4.70. The Hall–Kier alpha value is -1.88. The van der Waals surface area contributed by atoms with Crippen LogP contribution < -0.4 is 5.32 Å². The summed E-state index contributed by atoms with van der Waals surface area (Å²) >= 11 is 6.21. The van der Waals surface area contributed by atoms with Crippen molar-refractivity contribution in [1.29, 1.82) is 0 Å². The minimum Gasteiger partial charge on any atom is -0.394 e. The molecule has 0 amide bonds. The van der Waals surface area contributed by atoms with E-state index >= 15 is 0 Å². The van der Waals surface area contributed by atoms with E-state index in [9.17, 15) is 5.11 Å². The quantitative estimate of drug-likeness (QED) is 0.777. The van der Waals surface area contributed by atoms with E-state index in [1.165, 1.54) is 16.6 Å². The summed E-state index contributed by atoms with van der Waals surface area (Å²) in [6.45, 7) is 1.82. The molecule has 118 valence electrons. The van der Waals surface area contributed by atoms with Gasteiger partial charge in [-0.1, -0.05) is 17.7 Å². The molecular formula is C18H18ClN3O. The third-order valence-electron chi connectivity index (χ3n) is 4.58. The first kappa shape index (κ1) is 14.7. The van der Waals surface area contributed by atoms with Crippen molar-refractivity contribution in [3.05, 3.63) is 64.6 Å². The minimum atomic E-state index is -0.130. The molecule has 2 N–H and O–H groups in total. The Kier molecular flexibility index (Phi) is 3.81. The van der Waals surface area contributed by atoms with Crippen LogP contribution in [0.15, 0.2) is 42.7 Å². The Balaban J connectivity index is 1.98. The number of hydrogen-bond acceptors (Lipinski definition) is 3. The topological polar surface area (TPSA) is 50.1 Å². The van der Waals surface area contributed by atoms with Crippen molar-refractivity contribution in [3.63, 3.8) is 0 Å². The molecule has 0 aliphatic carbocycles. The molecule has 1 unspecified atom stereocenters. The number of hydrogen-bond donors (Lipinski definition) is 2. The molecule has 0 radical (unpaired) electrons. The fourth-order valence-electron chi connectivity index (χ4n) is 3.56. The molecule has 4 rings (SSSR count). The lowest BCUT2D eigenvalue weighted by Gasteiger charge is -2.23. The summed E-state index contributed by atoms with van der Waals surface area (Å²) in [5.74, 6) is 0. The monoisotopic (exact) mass is 327 g/mol. The maximum absolute atomic E-state index is 10.1. The summed E-state index contributed by atoms with van der Waals surface area (Å²) in [6.07, 6.45) is 4.53. The number of nitrogens with zero attached hydrogens (tertiary/aromatic N) is 2. The van der Waals surface area contributed by atoms with Gasteiger partial charge in [-0.3, -0.25) is 4.98 Å². The third-order valence-corrected chi connectivity index (χ3v) is 4.81. The van der Waals surface area contributed by atoms with Gasteiger partial charge >= 0.3 is 0 Å². The fourth-order valence-corrected chi connectivity index (χ4v) is 3.73. The molecule has 0 saturated heterocycles. The van der Waals surface area contributed by atoms with Crippen LogP contribution in [-0.2, 0) is 13.0 Å². The number of halogens is 1. The van der Waals surface area contributed by atoms with Crippen molar-refractivity contribution in [3.8, 4) is 0 Å². The molecule has 3 heterocycles. The lowest BCUT2D eigenvalue weighted by molar-refractivity contribution is 0.249. The number of aliphatic hydroxyl groups is 1. The van der Waals surface area contributed by atoms with Gasteiger partial charge < -0.3 is 15.0 Å². The van der Waals surface area contributed by atoms with E-state index in [4.69, 9.17) is 11.6 Å². The molecule has 3 aromatic rings. The highest BCUT2D eigenvalue weighted by atomic mass is 35.5. The highest BCUT2D eigenvalue weighted by Gasteiger charge is 2.25. The van der Waals surface area contributed by atoms with Gasteiger partial charge in [0.25, 0.3) is 0 Å². The van der Waals surface area contributed by atoms with Crippen molar-refractivity contribution >= 4 is 22.5 Å². The van der Waals surface area contributed by atoms with E-state index in [1.54, 1.807) is 6.20 Å². The molecular weight excluding hydrogens is 310 g/mol. The lowest BCUT2D eigenvalue weighted by atomic mass is 10.1. The number of benzene rings is 1. The molecule has 0 bridgehead atoms. The number of nitrogens with one attached hydrogen (secondary N) is 1. The van der Waals surface area contributed by atoms with Crippen molar-refractivity contribution in [2.24, 2.45) is 0 Å². The molecule has 0 fully saturated rings. The van der Waals surface area contributed by atoms with Crippen LogP contribution in [0, 0.1) is 0 Å². The smallest absolute Gasteiger partial charge is 0.0834 e. The molecule has 5 heteroatoms. The minimum absolute atomic E-state index is 0.0397. The van der Waals surface area contributed by atoms with Crippen molar-refractivity contribution in [1.82, 2.24) is 14.9 Å². The van der Waals surface area contributed by atoms with Crippen LogP contribution in [0.1, 0.15) is 22.9 Å². The van der Waals surface area contributed by atoms with Crippen LogP contribution in [0.25, 0.3) is 10.9 Å². The third kappa shape index (κ3) is 2.43. The average Bonchev–Trinajstić information content (AvgIpc) is 2.91. The van der Waals surface area contributed by atoms with Crippen molar-refractivity contribution in [2.45, 2.75) is 19.0 Å². The van der Waals surface area contributed by atoms with Gasteiger partial charge in [-0.2, -0.15) is 0 Å². The zero-order valence-electron chi connectivity index (χ0n) is 12.7. The lowest BCUT2D eigenvalue weighted by Crippen LogP contribution is -2.26. The van der Waals surface area contributed by atoms with Gasteiger partial charge in [0.15, 0.2) is 0 Å². The number of rotatable bonds is 3. The van der Waals surface area contributed by atoms with E-state index in [-0.39, 0.29) is 12.6 Å². The van der Waals surface area contributed by atoms with Crippen molar-refractivity contribution < 1.29 is 5.11 Å².